The maximum Gasteiger partial charge on any atom is 0.232 e. The number of ether oxygens (including phenoxy) is 2. The van der Waals surface area contributed by atoms with Crippen molar-refractivity contribution in [3.63, 3.8) is 0 Å². The van der Waals surface area contributed by atoms with Crippen LogP contribution in [-0.2, 0) is 9.47 Å². The zero-order chi connectivity index (χ0) is 16.4. The van der Waals surface area contributed by atoms with Crippen molar-refractivity contribution in [2.45, 2.75) is 32.0 Å². The average Bonchev–Trinajstić information content (AvgIpc) is 2.54. The van der Waals surface area contributed by atoms with Gasteiger partial charge in [-0.3, -0.25) is 0 Å². The van der Waals surface area contributed by atoms with Crippen LogP contribution in [0.1, 0.15) is 13.8 Å². The third-order valence-corrected chi connectivity index (χ3v) is 4.36. The normalized spacial score (nSPS) is 28.7. The minimum Gasteiger partial charge on any atom is -0.377 e. The van der Waals surface area contributed by atoms with Gasteiger partial charge in [0.1, 0.15) is 0 Å². The van der Waals surface area contributed by atoms with Crippen LogP contribution >= 0.6 is 11.6 Å². The van der Waals surface area contributed by atoms with Gasteiger partial charge in [0.05, 0.1) is 44.6 Å². The standard InChI is InChI=1S/C15H22ClN5O2/c1-4-12-9-23-8-11(3)21(12)15-18-13(16)17-14(19-15)20-5-6-22-7-10(20)2/h4,10-12H,1,5-9H2,2-3H3/t10-,11+,12?/m1/s1. The molecule has 23 heavy (non-hydrogen) atoms. The highest BCUT2D eigenvalue weighted by molar-refractivity contribution is 6.28. The zero-order valence-electron chi connectivity index (χ0n) is 13.5. The molecule has 3 rings (SSSR count). The van der Waals surface area contributed by atoms with Crippen LogP contribution < -0.4 is 9.80 Å². The lowest BCUT2D eigenvalue weighted by molar-refractivity contribution is 0.0814. The Morgan fingerprint density at radius 2 is 1.83 bits per heavy atom. The molecular formula is C15H22ClN5O2. The Kier molecular flexibility index (Phi) is 4.99. The van der Waals surface area contributed by atoms with E-state index >= 15 is 0 Å². The van der Waals surface area contributed by atoms with Crippen molar-refractivity contribution in [2.24, 2.45) is 0 Å². The van der Waals surface area contributed by atoms with Crippen molar-refractivity contribution in [3.8, 4) is 0 Å². The van der Waals surface area contributed by atoms with Crippen molar-refractivity contribution in [2.75, 3.05) is 42.8 Å². The Bertz CT molecular complexity index is 573. The first kappa shape index (κ1) is 16.4. The van der Waals surface area contributed by atoms with Gasteiger partial charge in [0.2, 0.25) is 17.2 Å². The topological polar surface area (TPSA) is 63.6 Å². The van der Waals surface area contributed by atoms with Crippen LogP contribution in [0.5, 0.6) is 0 Å². The van der Waals surface area contributed by atoms with E-state index in [-0.39, 0.29) is 23.4 Å². The van der Waals surface area contributed by atoms with Crippen molar-refractivity contribution < 1.29 is 9.47 Å². The lowest BCUT2D eigenvalue weighted by Crippen LogP contribution is -2.51. The van der Waals surface area contributed by atoms with Gasteiger partial charge in [0, 0.05) is 6.54 Å². The highest BCUT2D eigenvalue weighted by Gasteiger charge is 2.31. The molecule has 0 aromatic carbocycles. The molecule has 1 aromatic heterocycles. The molecule has 2 aliphatic rings. The summed E-state index contributed by atoms with van der Waals surface area (Å²) in [6, 6.07) is 0.361. The van der Waals surface area contributed by atoms with Gasteiger partial charge in [-0.1, -0.05) is 6.08 Å². The Labute approximate surface area is 141 Å². The van der Waals surface area contributed by atoms with Crippen molar-refractivity contribution in [1.29, 1.82) is 0 Å². The summed E-state index contributed by atoms with van der Waals surface area (Å²) in [6.07, 6.45) is 1.85. The summed E-state index contributed by atoms with van der Waals surface area (Å²) in [4.78, 5) is 17.5. The summed E-state index contributed by atoms with van der Waals surface area (Å²) in [5.74, 6) is 1.16. The van der Waals surface area contributed by atoms with Crippen LogP contribution in [0.15, 0.2) is 12.7 Å². The predicted molar refractivity (Wildman–Crippen MR) is 89.2 cm³/mol. The maximum atomic E-state index is 6.17. The third kappa shape index (κ3) is 3.41. The van der Waals surface area contributed by atoms with Gasteiger partial charge >= 0.3 is 0 Å². The van der Waals surface area contributed by atoms with Crippen LogP contribution in [0, 0.1) is 0 Å². The molecule has 3 heterocycles. The van der Waals surface area contributed by atoms with E-state index in [9.17, 15) is 0 Å². The molecule has 8 heteroatoms. The minimum atomic E-state index is 0.0205. The highest BCUT2D eigenvalue weighted by Crippen LogP contribution is 2.25. The first-order valence-corrected chi connectivity index (χ1v) is 8.22. The quantitative estimate of drug-likeness (QED) is 0.774. The molecular weight excluding hydrogens is 318 g/mol. The molecule has 0 saturated carbocycles. The molecule has 2 fully saturated rings. The smallest absolute Gasteiger partial charge is 0.232 e. The molecule has 1 unspecified atom stereocenters. The number of anilines is 2. The molecule has 0 aliphatic carbocycles. The summed E-state index contributed by atoms with van der Waals surface area (Å²) in [5.41, 5.74) is 0. The zero-order valence-corrected chi connectivity index (χ0v) is 14.2. The van der Waals surface area contributed by atoms with Crippen LogP contribution in [0.3, 0.4) is 0 Å². The predicted octanol–water partition coefficient (Wildman–Crippen LogP) is 1.53. The van der Waals surface area contributed by atoms with E-state index < -0.39 is 0 Å². The summed E-state index contributed by atoms with van der Waals surface area (Å²) in [6.45, 7) is 11.3. The Morgan fingerprint density at radius 1 is 1.09 bits per heavy atom. The van der Waals surface area contributed by atoms with E-state index in [0.717, 1.165) is 6.54 Å². The van der Waals surface area contributed by atoms with Crippen molar-refractivity contribution >= 4 is 23.5 Å². The number of morpholine rings is 2. The van der Waals surface area contributed by atoms with Gasteiger partial charge in [0.15, 0.2) is 0 Å². The summed E-state index contributed by atoms with van der Waals surface area (Å²) in [7, 11) is 0. The molecule has 7 nitrogen and oxygen atoms in total. The molecule has 3 atom stereocenters. The fourth-order valence-electron chi connectivity index (χ4n) is 2.97. The summed E-state index contributed by atoms with van der Waals surface area (Å²) >= 11 is 6.17. The number of aromatic nitrogens is 3. The van der Waals surface area contributed by atoms with Crippen LogP contribution in [-0.4, -0.2) is 66.0 Å². The summed E-state index contributed by atoms with van der Waals surface area (Å²) < 4.78 is 11.1. The highest BCUT2D eigenvalue weighted by atomic mass is 35.5. The largest absolute Gasteiger partial charge is 0.377 e. The van der Waals surface area contributed by atoms with Crippen LogP contribution in [0.2, 0.25) is 5.28 Å². The molecule has 0 spiro atoms. The van der Waals surface area contributed by atoms with E-state index in [0.29, 0.717) is 38.3 Å². The molecule has 1 aromatic rings. The second-order valence-corrected chi connectivity index (χ2v) is 6.26. The van der Waals surface area contributed by atoms with E-state index in [1.807, 2.05) is 6.08 Å². The van der Waals surface area contributed by atoms with Gasteiger partial charge < -0.3 is 19.3 Å². The maximum absolute atomic E-state index is 6.17. The van der Waals surface area contributed by atoms with E-state index in [1.54, 1.807) is 0 Å². The van der Waals surface area contributed by atoms with Gasteiger partial charge in [-0.2, -0.15) is 15.0 Å². The van der Waals surface area contributed by atoms with Gasteiger partial charge in [-0.25, -0.2) is 0 Å². The first-order valence-electron chi connectivity index (χ1n) is 7.84. The molecule has 0 radical (unpaired) electrons. The Balaban J connectivity index is 1.94. The first-order chi connectivity index (χ1) is 11.1. The van der Waals surface area contributed by atoms with Gasteiger partial charge in [-0.15, -0.1) is 6.58 Å². The van der Waals surface area contributed by atoms with E-state index in [2.05, 4.69) is 45.2 Å². The average molecular weight is 340 g/mol. The molecule has 0 bridgehead atoms. The number of halogens is 1. The fraction of sp³-hybridized carbons (Fsp3) is 0.667. The third-order valence-electron chi connectivity index (χ3n) is 4.19. The van der Waals surface area contributed by atoms with Crippen molar-refractivity contribution in [3.05, 3.63) is 17.9 Å². The van der Waals surface area contributed by atoms with Crippen LogP contribution in [0.25, 0.3) is 0 Å². The Hall–Kier alpha value is -1.44. The molecule has 0 amide bonds. The molecule has 2 saturated heterocycles. The second kappa shape index (κ2) is 6.98. The SMILES string of the molecule is C=CC1COC[C@H](C)N1c1nc(Cl)nc(N2CCOC[C@H]2C)n1. The Morgan fingerprint density at radius 3 is 2.57 bits per heavy atom. The van der Waals surface area contributed by atoms with Gasteiger partial charge in [-0.05, 0) is 25.4 Å². The lowest BCUT2D eigenvalue weighted by atomic mass is 10.1. The van der Waals surface area contributed by atoms with E-state index in [4.69, 9.17) is 21.1 Å². The van der Waals surface area contributed by atoms with Gasteiger partial charge in [0.25, 0.3) is 0 Å². The minimum absolute atomic E-state index is 0.0205. The molecule has 0 N–H and O–H groups in total. The van der Waals surface area contributed by atoms with Crippen molar-refractivity contribution in [1.82, 2.24) is 15.0 Å². The second-order valence-electron chi connectivity index (χ2n) is 5.92. The molecule has 126 valence electrons. The van der Waals surface area contributed by atoms with Crippen LogP contribution in [0.4, 0.5) is 11.9 Å². The lowest BCUT2D eigenvalue weighted by Gasteiger charge is -2.39. The fourth-order valence-corrected chi connectivity index (χ4v) is 3.12. The number of hydrogen-bond acceptors (Lipinski definition) is 7. The number of rotatable bonds is 3. The number of nitrogens with zero attached hydrogens (tertiary/aromatic N) is 5. The van der Waals surface area contributed by atoms with E-state index in [1.165, 1.54) is 0 Å². The molecule has 2 aliphatic heterocycles. The monoisotopic (exact) mass is 339 g/mol. The number of hydrogen-bond donors (Lipinski definition) is 0. The summed E-state index contributed by atoms with van der Waals surface area (Å²) in [5, 5.41) is 0.199.